The third-order valence-corrected chi connectivity index (χ3v) is 4.04. The van der Waals surface area contributed by atoms with Gasteiger partial charge in [0.05, 0.1) is 76.8 Å². The van der Waals surface area contributed by atoms with Crippen LogP contribution < -0.4 is 0 Å². The van der Waals surface area contributed by atoms with Crippen molar-refractivity contribution in [2.45, 2.75) is 83.5 Å². The van der Waals surface area contributed by atoms with Gasteiger partial charge in [0.15, 0.2) is 0 Å². The highest BCUT2D eigenvalue weighted by atomic mass is 16.6. The van der Waals surface area contributed by atoms with E-state index in [9.17, 15) is 20.4 Å². The minimum Gasteiger partial charge on any atom is -0.391 e. The molecular weight excluding hydrogens is 412 g/mol. The van der Waals surface area contributed by atoms with Gasteiger partial charge in [0, 0.05) is 7.11 Å². The van der Waals surface area contributed by atoms with Crippen LogP contribution in [0.3, 0.4) is 0 Å². The predicted molar refractivity (Wildman–Crippen MR) is 114 cm³/mol. The maximum Gasteiger partial charge on any atom is 0.114 e. The van der Waals surface area contributed by atoms with E-state index in [1.165, 1.54) is 0 Å². The first kappa shape index (κ1) is 30.6. The molecule has 0 heterocycles. The van der Waals surface area contributed by atoms with E-state index in [1.807, 2.05) is 6.92 Å². The number of aliphatic hydroxyl groups is 4. The summed E-state index contributed by atoms with van der Waals surface area (Å²) in [6.45, 7) is 8.95. The monoisotopic (exact) mass is 456 g/mol. The first-order valence-corrected chi connectivity index (χ1v) is 10.8. The standard InChI is InChI=1S/C21H44O10/c1-14(22)7-27-12-19(29-9-16(3)24)21(31-11-18(5)26-6)20(30-10-17(4)25)13-28-8-15(2)23/h14-25H,7-13H2,1-6H3. The van der Waals surface area contributed by atoms with Gasteiger partial charge in [-0.25, -0.2) is 0 Å². The smallest absolute Gasteiger partial charge is 0.114 e. The summed E-state index contributed by atoms with van der Waals surface area (Å²) in [4.78, 5) is 0. The average Bonchev–Trinajstić information content (AvgIpc) is 2.67. The minimum absolute atomic E-state index is 0.0417. The molecule has 10 heteroatoms. The third-order valence-electron chi connectivity index (χ3n) is 4.04. The van der Waals surface area contributed by atoms with Gasteiger partial charge >= 0.3 is 0 Å². The second-order valence-corrected chi connectivity index (χ2v) is 8.06. The van der Waals surface area contributed by atoms with Crippen molar-refractivity contribution in [1.29, 1.82) is 0 Å². The zero-order chi connectivity index (χ0) is 23.8. The third kappa shape index (κ3) is 16.8. The summed E-state index contributed by atoms with van der Waals surface area (Å²) in [6.07, 6.45) is -4.93. The summed E-state index contributed by atoms with van der Waals surface area (Å²) in [5.41, 5.74) is 0. The maximum absolute atomic E-state index is 9.69. The Morgan fingerprint density at radius 2 is 0.903 bits per heavy atom. The molecule has 0 radical (unpaired) electrons. The molecule has 0 bridgehead atoms. The van der Waals surface area contributed by atoms with Gasteiger partial charge in [0.25, 0.3) is 0 Å². The molecule has 0 aromatic heterocycles. The van der Waals surface area contributed by atoms with Crippen molar-refractivity contribution in [3.8, 4) is 0 Å². The van der Waals surface area contributed by atoms with E-state index in [-0.39, 0.29) is 52.4 Å². The van der Waals surface area contributed by atoms with Gasteiger partial charge in [-0.05, 0) is 34.6 Å². The van der Waals surface area contributed by atoms with E-state index >= 15 is 0 Å². The van der Waals surface area contributed by atoms with Crippen LogP contribution >= 0.6 is 0 Å². The Hall–Kier alpha value is -0.400. The molecule has 0 aromatic rings. The second kappa shape index (κ2) is 18.1. The van der Waals surface area contributed by atoms with Crippen LogP contribution in [0.25, 0.3) is 0 Å². The molecule has 0 aliphatic heterocycles. The van der Waals surface area contributed by atoms with Gasteiger partial charge in [0.1, 0.15) is 18.3 Å². The lowest BCUT2D eigenvalue weighted by Crippen LogP contribution is -2.49. The Morgan fingerprint density at radius 3 is 1.23 bits per heavy atom. The molecule has 0 aliphatic carbocycles. The molecule has 7 unspecified atom stereocenters. The van der Waals surface area contributed by atoms with Crippen molar-refractivity contribution in [2.75, 3.05) is 53.4 Å². The molecular formula is C21H44O10. The van der Waals surface area contributed by atoms with Crippen molar-refractivity contribution in [3.05, 3.63) is 0 Å². The van der Waals surface area contributed by atoms with Gasteiger partial charge in [-0.1, -0.05) is 0 Å². The molecule has 7 atom stereocenters. The fourth-order valence-corrected chi connectivity index (χ4v) is 2.48. The molecule has 0 aliphatic rings. The van der Waals surface area contributed by atoms with Crippen LogP contribution in [0, 0.1) is 0 Å². The van der Waals surface area contributed by atoms with E-state index in [1.54, 1.807) is 34.8 Å². The summed E-state index contributed by atoms with van der Waals surface area (Å²) in [6, 6.07) is 0. The van der Waals surface area contributed by atoms with E-state index < -0.39 is 42.7 Å². The molecule has 10 nitrogen and oxygen atoms in total. The van der Waals surface area contributed by atoms with E-state index in [0.717, 1.165) is 0 Å². The van der Waals surface area contributed by atoms with Gasteiger partial charge in [-0.2, -0.15) is 0 Å². The number of ether oxygens (including phenoxy) is 6. The Balaban J connectivity index is 5.53. The fourth-order valence-electron chi connectivity index (χ4n) is 2.48. The number of methoxy groups -OCH3 is 1. The number of hydrogen-bond donors (Lipinski definition) is 4. The van der Waals surface area contributed by atoms with Crippen molar-refractivity contribution >= 4 is 0 Å². The molecule has 188 valence electrons. The summed E-state index contributed by atoms with van der Waals surface area (Å²) in [5.74, 6) is 0. The Morgan fingerprint density at radius 1 is 0.516 bits per heavy atom. The lowest BCUT2D eigenvalue weighted by Gasteiger charge is -2.34. The van der Waals surface area contributed by atoms with Crippen LogP contribution in [0.1, 0.15) is 34.6 Å². The van der Waals surface area contributed by atoms with Crippen molar-refractivity contribution in [1.82, 2.24) is 0 Å². The fraction of sp³-hybridized carbons (Fsp3) is 1.00. The lowest BCUT2D eigenvalue weighted by atomic mass is 10.1. The molecule has 31 heavy (non-hydrogen) atoms. The van der Waals surface area contributed by atoms with Crippen molar-refractivity contribution < 1.29 is 48.8 Å². The zero-order valence-corrected chi connectivity index (χ0v) is 19.8. The minimum atomic E-state index is -0.707. The SMILES string of the molecule is COC(C)COC(C(COCC(C)O)OCC(C)O)C(COCC(C)O)OCC(C)O. The van der Waals surface area contributed by atoms with E-state index in [4.69, 9.17) is 28.4 Å². The molecule has 0 saturated carbocycles. The quantitative estimate of drug-likeness (QED) is 0.194. The highest BCUT2D eigenvalue weighted by Crippen LogP contribution is 2.17. The topological polar surface area (TPSA) is 136 Å². The molecule has 0 spiro atoms. The Labute approximate surface area is 186 Å². The van der Waals surface area contributed by atoms with Crippen molar-refractivity contribution in [3.63, 3.8) is 0 Å². The first-order valence-electron chi connectivity index (χ1n) is 10.8. The van der Waals surface area contributed by atoms with Gasteiger partial charge < -0.3 is 48.8 Å². The van der Waals surface area contributed by atoms with Crippen LogP contribution in [0.15, 0.2) is 0 Å². The number of aliphatic hydroxyl groups excluding tert-OH is 4. The Bertz CT molecular complexity index is 376. The van der Waals surface area contributed by atoms with Crippen LogP contribution in [0.2, 0.25) is 0 Å². The lowest BCUT2D eigenvalue weighted by molar-refractivity contribution is -0.189. The van der Waals surface area contributed by atoms with Crippen molar-refractivity contribution in [2.24, 2.45) is 0 Å². The Kier molecular flexibility index (Phi) is 17.8. The summed E-state index contributed by atoms with van der Waals surface area (Å²) in [7, 11) is 1.57. The van der Waals surface area contributed by atoms with Crippen LogP contribution in [0.5, 0.6) is 0 Å². The second-order valence-electron chi connectivity index (χ2n) is 8.06. The highest BCUT2D eigenvalue weighted by molar-refractivity contribution is 4.82. The molecule has 0 amide bonds. The number of hydrogen-bond acceptors (Lipinski definition) is 10. The van der Waals surface area contributed by atoms with Crippen LogP contribution in [-0.4, -0.2) is 123 Å². The average molecular weight is 457 g/mol. The number of rotatable bonds is 20. The van der Waals surface area contributed by atoms with Gasteiger partial charge in [0.2, 0.25) is 0 Å². The molecule has 0 rings (SSSR count). The first-order chi connectivity index (χ1) is 14.6. The largest absolute Gasteiger partial charge is 0.391 e. The van der Waals surface area contributed by atoms with E-state index in [2.05, 4.69) is 0 Å². The highest BCUT2D eigenvalue weighted by Gasteiger charge is 2.34. The summed E-state index contributed by atoms with van der Waals surface area (Å²) in [5, 5.41) is 38.4. The predicted octanol–water partition coefficient (Wildman–Crippen LogP) is -0.267. The summed E-state index contributed by atoms with van der Waals surface area (Å²) < 4.78 is 34.2. The molecule has 0 saturated heterocycles. The zero-order valence-electron chi connectivity index (χ0n) is 19.8. The van der Waals surface area contributed by atoms with Gasteiger partial charge in [-0.3, -0.25) is 0 Å². The van der Waals surface area contributed by atoms with Crippen LogP contribution in [0.4, 0.5) is 0 Å². The van der Waals surface area contributed by atoms with Crippen LogP contribution in [-0.2, 0) is 28.4 Å². The molecule has 0 fully saturated rings. The normalized spacial score (nSPS) is 19.9. The molecule has 0 aromatic carbocycles. The van der Waals surface area contributed by atoms with E-state index in [0.29, 0.717) is 0 Å². The summed E-state index contributed by atoms with van der Waals surface area (Å²) >= 11 is 0. The molecule has 4 N–H and O–H groups in total. The maximum atomic E-state index is 9.69. The van der Waals surface area contributed by atoms with Gasteiger partial charge in [-0.15, -0.1) is 0 Å².